The number of nitrogens with zero attached hydrogens (tertiary/aromatic N) is 1. The van der Waals surface area contributed by atoms with Crippen LogP contribution in [-0.2, 0) is 16.1 Å². The van der Waals surface area contributed by atoms with Crippen LogP contribution >= 0.6 is 0 Å². The molecule has 2 amide bonds. The van der Waals surface area contributed by atoms with Gasteiger partial charge in [0.15, 0.2) is 0 Å². The second-order valence-electron chi connectivity index (χ2n) is 7.50. The van der Waals surface area contributed by atoms with Gasteiger partial charge in [-0.3, -0.25) is 9.59 Å². The second kappa shape index (κ2) is 8.00. The molecule has 0 spiro atoms. The van der Waals surface area contributed by atoms with Crippen LogP contribution in [0.1, 0.15) is 43.2 Å². The number of hydrogen-bond donors (Lipinski definition) is 2. The van der Waals surface area contributed by atoms with Crippen LogP contribution in [0.4, 0.5) is 0 Å². The van der Waals surface area contributed by atoms with Crippen molar-refractivity contribution in [1.29, 1.82) is 0 Å². The Balaban J connectivity index is 1.56. The second-order valence-corrected chi connectivity index (χ2v) is 7.50. The topological polar surface area (TPSA) is 69.6 Å². The lowest BCUT2D eigenvalue weighted by molar-refractivity contribution is -0.129. The molecule has 25 heavy (non-hydrogen) atoms. The highest BCUT2D eigenvalue weighted by Gasteiger charge is 2.36. The van der Waals surface area contributed by atoms with Crippen molar-refractivity contribution in [3.05, 3.63) is 35.4 Å². The van der Waals surface area contributed by atoms with Gasteiger partial charge in [0, 0.05) is 38.1 Å². The number of benzene rings is 1. The molecule has 1 aliphatic heterocycles. The lowest BCUT2D eigenvalue weighted by Gasteiger charge is -2.31. The number of rotatable bonds is 5. The zero-order valence-corrected chi connectivity index (χ0v) is 14.9. The third kappa shape index (κ3) is 4.40. The van der Waals surface area contributed by atoms with Crippen molar-refractivity contribution in [2.45, 2.75) is 51.6 Å². The van der Waals surface area contributed by atoms with Gasteiger partial charge < -0.3 is 15.3 Å². The maximum atomic E-state index is 12.6. The minimum atomic E-state index is -0.279. The van der Waals surface area contributed by atoms with E-state index in [0.29, 0.717) is 13.1 Å². The summed E-state index contributed by atoms with van der Waals surface area (Å²) >= 11 is 0. The Labute approximate surface area is 149 Å². The minimum absolute atomic E-state index is 0.0369. The maximum Gasteiger partial charge on any atom is 0.225 e. The van der Waals surface area contributed by atoms with E-state index in [0.717, 1.165) is 31.2 Å². The number of carbonyl (C=O) groups is 2. The normalized spacial score (nSPS) is 26.7. The predicted octanol–water partition coefficient (Wildman–Crippen LogP) is 2.01. The van der Waals surface area contributed by atoms with Gasteiger partial charge in [-0.2, -0.15) is 0 Å². The third-order valence-corrected chi connectivity index (χ3v) is 5.55. The van der Waals surface area contributed by atoms with Gasteiger partial charge in [-0.25, -0.2) is 0 Å². The van der Waals surface area contributed by atoms with Crippen molar-refractivity contribution < 1.29 is 14.7 Å². The highest BCUT2D eigenvalue weighted by Crippen LogP contribution is 2.26. The average Bonchev–Trinajstić information content (AvgIpc) is 2.98. The van der Waals surface area contributed by atoms with E-state index in [1.165, 1.54) is 5.56 Å². The van der Waals surface area contributed by atoms with E-state index in [4.69, 9.17) is 0 Å². The Kier molecular flexibility index (Phi) is 5.74. The third-order valence-electron chi connectivity index (χ3n) is 5.55. The van der Waals surface area contributed by atoms with Crippen molar-refractivity contribution in [3.63, 3.8) is 0 Å². The summed E-state index contributed by atoms with van der Waals surface area (Å²) in [5.41, 5.74) is 2.28. The van der Waals surface area contributed by atoms with Gasteiger partial charge >= 0.3 is 0 Å². The van der Waals surface area contributed by atoms with Gasteiger partial charge in [-0.15, -0.1) is 0 Å². The van der Waals surface area contributed by atoms with Crippen molar-refractivity contribution in [1.82, 2.24) is 10.2 Å². The minimum Gasteiger partial charge on any atom is -0.396 e. The number of aliphatic hydroxyl groups is 1. The summed E-state index contributed by atoms with van der Waals surface area (Å²) in [5, 5.41) is 12.6. The summed E-state index contributed by atoms with van der Waals surface area (Å²) in [6.45, 7) is 3.20. The van der Waals surface area contributed by atoms with E-state index < -0.39 is 0 Å². The van der Waals surface area contributed by atoms with Crippen LogP contribution in [-0.4, -0.2) is 41.0 Å². The fourth-order valence-electron chi connectivity index (χ4n) is 3.93. The summed E-state index contributed by atoms with van der Waals surface area (Å²) in [4.78, 5) is 26.6. The Morgan fingerprint density at radius 3 is 2.68 bits per heavy atom. The summed E-state index contributed by atoms with van der Waals surface area (Å²) in [6, 6.07) is 8.19. The molecule has 1 aromatic carbocycles. The van der Waals surface area contributed by atoms with E-state index >= 15 is 0 Å². The molecule has 2 aliphatic rings. The molecule has 0 aromatic heterocycles. The SMILES string of the molecule is Cc1ccc(CN2CC(C(=O)NC3CCCCC3CO)CC2=O)cc1. The summed E-state index contributed by atoms with van der Waals surface area (Å²) in [6.07, 6.45) is 4.37. The van der Waals surface area contributed by atoms with Crippen LogP contribution < -0.4 is 5.32 Å². The van der Waals surface area contributed by atoms with Gasteiger partial charge in [0.05, 0.1) is 5.92 Å². The quantitative estimate of drug-likeness (QED) is 0.858. The van der Waals surface area contributed by atoms with E-state index in [1.807, 2.05) is 31.2 Å². The van der Waals surface area contributed by atoms with Gasteiger partial charge in [0.2, 0.25) is 11.8 Å². The van der Waals surface area contributed by atoms with E-state index in [2.05, 4.69) is 5.32 Å². The van der Waals surface area contributed by atoms with Crippen LogP contribution in [0.25, 0.3) is 0 Å². The first kappa shape index (κ1) is 17.9. The molecule has 5 heteroatoms. The number of aliphatic hydroxyl groups excluding tert-OH is 1. The molecule has 1 aliphatic carbocycles. The number of aryl methyl sites for hydroxylation is 1. The van der Waals surface area contributed by atoms with Crippen molar-refractivity contribution in [3.8, 4) is 0 Å². The molecule has 1 saturated carbocycles. The summed E-state index contributed by atoms with van der Waals surface area (Å²) < 4.78 is 0. The zero-order chi connectivity index (χ0) is 17.8. The standard InChI is InChI=1S/C20H28N2O3/c1-14-6-8-15(9-7-14)11-22-12-17(10-19(22)24)20(25)21-18-5-3-2-4-16(18)13-23/h6-9,16-18,23H,2-5,10-13H2,1H3,(H,21,25). The fourth-order valence-corrected chi connectivity index (χ4v) is 3.93. The Bertz CT molecular complexity index is 614. The molecule has 3 atom stereocenters. The number of nitrogens with one attached hydrogen (secondary N) is 1. The number of carbonyl (C=O) groups excluding carboxylic acids is 2. The molecule has 1 heterocycles. The van der Waals surface area contributed by atoms with Crippen molar-refractivity contribution >= 4 is 11.8 Å². The zero-order valence-electron chi connectivity index (χ0n) is 14.9. The summed E-state index contributed by atoms with van der Waals surface area (Å²) in [7, 11) is 0. The van der Waals surface area contributed by atoms with Crippen LogP contribution in [0.3, 0.4) is 0 Å². The summed E-state index contributed by atoms with van der Waals surface area (Å²) in [5.74, 6) is -0.120. The van der Waals surface area contributed by atoms with Crippen molar-refractivity contribution in [2.75, 3.05) is 13.2 Å². The van der Waals surface area contributed by atoms with Crippen LogP contribution in [0.15, 0.2) is 24.3 Å². The smallest absolute Gasteiger partial charge is 0.225 e. The monoisotopic (exact) mass is 344 g/mol. The first-order chi connectivity index (χ1) is 12.1. The molecule has 1 aromatic rings. The first-order valence-corrected chi connectivity index (χ1v) is 9.31. The highest BCUT2D eigenvalue weighted by atomic mass is 16.3. The first-order valence-electron chi connectivity index (χ1n) is 9.31. The Hall–Kier alpha value is -1.88. The van der Waals surface area contributed by atoms with Crippen molar-refractivity contribution in [2.24, 2.45) is 11.8 Å². The lowest BCUT2D eigenvalue weighted by Crippen LogP contribution is -2.46. The van der Waals surface area contributed by atoms with E-state index in [1.54, 1.807) is 4.90 Å². The van der Waals surface area contributed by atoms with Crippen LogP contribution in [0.5, 0.6) is 0 Å². The Morgan fingerprint density at radius 2 is 1.96 bits per heavy atom. The highest BCUT2D eigenvalue weighted by molar-refractivity contribution is 5.89. The van der Waals surface area contributed by atoms with Gasteiger partial charge in [-0.1, -0.05) is 42.7 Å². The maximum absolute atomic E-state index is 12.6. The van der Waals surface area contributed by atoms with Gasteiger partial charge in [-0.05, 0) is 25.3 Å². The fraction of sp³-hybridized carbons (Fsp3) is 0.600. The molecule has 1 saturated heterocycles. The molecule has 3 rings (SSSR count). The molecule has 3 unspecified atom stereocenters. The molecular weight excluding hydrogens is 316 g/mol. The van der Waals surface area contributed by atoms with E-state index in [-0.39, 0.29) is 42.7 Å². The van der Waals surface area contributed by atoms with Crippen LogP contribution in [0.2, 0.25) is 0 Å². The molecular formula is C20H28N2O3. The molecule has 2 fully saturated rings. The largest absolute Gasteiger partial charge is 0.396 e. The average molecular weight is 344 g/mol. The van der Waals surface area contributed by atoms with Gasteiger partial charge in [0.25, 0.3) is 0 Å². The molecule has 0 bridgehead atoms. The number of amides is 2. The Morgan fingerprint density at radius 1 is 1.24 bits per heavy atom. The van der Waals surface area contributed by atoms with E-state index in [9.17, 15) is 14.7 Å². The number of hydrogen-bond acceptors (Lipinski definition) is 3. The van der Waals surface area contributed by atoms with Gasteiger partial charge in [0.1, 0.15) is 0 Å². The van der Waals surface area contributed by atoms with Crippen LogP contribution in [0, 0.1) is 18.8 Å². The lowest BCUT2D eigenvalue weighted by atomic mass is 9.84. The molecule has 0 radical (unpaired) electrons. The molecule has 136 valence electrons. The predicted molar refractivity (Wildman–Crippen MR) is 95.7 cm³/mol. The molecule has 5 nitrogen and oxygen atoms in total. The number of likely N-dealkylation sites (tertiary alicyclic amines) is 1. The molecule has 2 N–H and O–H groups in total.